The molecule has 1 aromatic rings. The molecule has 2 heteroatoms. The van der Waals surface area contributed by atoms with E-state index < -0.39 is 0 Å². The Morgan fingerprint density at radius 3 is 2.80 bits per heavy atom. The van der Waals surface area contributed by atoms with Crippen molar-refractivity contribution >= 4 is 0 Å². The van der Waals surface area contributed by atoms with Crippen molar-refractivity contribution in [3.63, 3.8) is 0 Å². The molecule has 0 amide bonds. The van der Waals surface area contributed by atoms with Crippen LogP contribution in [0.3, 0.4) is 0 Å². The van der Waals surface area contributed by atoms with Gasteiger partial charge in [0.15, 0.2) is 0 Å². The maximum Gasteiger partial charge on any atom is 0.122 e. The maximum atomic E-state index is 5.55. The Hall–Kier alpha value is -1.02. The van der Waals surface area contributed by atoms with Crippen LogP contribution in [0.25, 0.3) is 0 Å². The summed E-state index contributed by atoms with van der Waals surface area (Å²) in [5, 5.41) is 0. The van der Waals surface area contributed by atoms with Crippen molar-refractivity contribution in [1.82, 2.24) is 0 Å². The average molecular weight is 204 g/mol. The van der Waals surface area contributed by atoms with Crippen molar-refractivity contribution in [2.45, 2.75) is 30.8 Å². The van der Waals surface area contributed by atoms with Crippen LogP contribution in [0, 0.1) is 0 Å². The van der Waals surface area contributed by atoms with Gasteiger partial charge in [-0.25, -0.2) is 0 Å². The Morgan fingerprint density at radius 1 is 1.20 bits per heavy atom. The summed E-state index contributed by atoms with van der Waals surface area (Å²) in [6.45, 7) is 0. The molecule has 2 aliphatic rings. The van der Waals surface area contributed by atoms with Crippen molar-refractivity contribution in [3.8, 4) is 5.75 Å². The second-order valence-electron chi connectivity index (χ2n) is 4.51. The van der Waals surface area contributed by atoms with Crippen molar-refractivity contribution in [1.29, 1.82) is 0 Å². The van der Waals surface area contributed by atoms with Crippen LogP contribution in [0.15, 0.2) is 18.2 Å². The fourth-order valence-electron chi connectivity index (χ4n) is 3.31. The topological polar surface area (TPSA) is 18.5 Å². The first-order valence-electron chi connectivity index (χ1n) is 5.54. The highest BCUT2D eigenvalue weighted by atomic mass is 16.5. The van der Waals surface area contributed by atoms with E-state index in [1.165, 1.54) is 24.0 Å². The standard InChI is InChI=1S/C13H16O2/c1-14-11-5-3-4-9-8-6-10(13(9)11)12(7-8)15-2/h3-5,8,10,12H,6-7H2,1-2H3. The van der Waals surface area contributed by atoms with E-state index >= 15 is 0 Å². The van der Waals surface area contributed by atoms with Gasteiger partial charge in [-0.3, -0.25) is 0 Å². The molecule has 1 aromatic carbocycles. The van der Waals surface area contributed by atoms with Gasteiger partial charge in [0, 0.05) is 18.6 Å². The molecule has 3 atom stereocenters. The molecule has 15 heavy (non-hydrogen) atoms. The third kappa shape index (κ3) is 1.14. The lowest BCUT2D eigenvalue weighted by atomic mass is 9.89. The summed E-state index contributed by atoms with van der Waals surface area (Å²) in [4.78, 5) is 0. The smallest absolute Gasteiger partial charge is 0.122 e. The van der Waals surface area contributed by atoms with Gasteiger partial charge in [0.1, 0.15) is 5.75 Å². The number of fused-ring (bicyclic) bond motifs is 5. The molecule has 1 fully saturated rings. The highest BCUT2D eigenvalue weighted by Crippen LogP contribution is 2.56. The predicted molar refractivity (Wildman–Crippen MR) is 58.5 cm³/mol. The molecule has 0 aliphatic heterocycles. The average Bonchev–Trinajstić information content (AvgIpc) is 2.86. The molecule has 0 spiro atoms. The molecule has 1 saturated carbocycles. The monoisotopic (exact) mass is 204 g/mol. The van der Waals surface area contributed by atoms with Crippen molar-refractivity contribution in [3.05, 3.63) is 29.3 Å². The first kappa shape index (κ1) is 9.22. The van der Waals surface area contributed by atoms with E-state index in [1.807, 2.05) is 7.11 Å². The van der Waals surface area contributed by atoms with Crippen LogP contribution >= 0.6 is 0 Å². The highest BCUT2D eigenvalue weighted by Gasteiger charge is 2.45. The molecule has 0 saturated heterocycles. The second-order valence-corrected chi connectivity index (χ2v) is 4.51. The van der Waals surface area contributed by atoms with E-state index in [9.17, 15) is 0 Å². The lowest BCUT2D eigenvalue weighted by Gasteiger charge is -2.24. The summed E-state index contributed by atoms with van der Waals surface area (Å²) < 4.78 is 11.0. The van der Waals surface area contributed by atoms with Crippen molar-refractivity contribution in [2.75, 3.05) is 14.2 Å². The summed E-state index contributed by atoms with van der Waals surface area (Å²) in [6.07, 6.45) is 2.83. The lowest BCUT2D eigenvalue weighted by Crippen LogP contribution is -2.18. The minimum Gasteiger partial charge on any atom is -0.496 e. The molecule has 0 N–H and O–H groups in total. The van der Waals surface area contributed by atoms with E-state index in [-0.39, 0.29) is 0 Å². The van der Waals surface area contributed by atoms with Crippen LogP contribution in [0.4, 0.5) is 0 Å². The molecule has 0 radical (unpaired) electrons. The Balaban J connectivity index is 2.10. The third-order valence-corrected chi connectivity index (χ3v) is 3.94. The molecule has 2 bridgehead atoms. The van der Waals surface area contributed by atoms with Crippen LogP contribution in [-0.4, -0.2) is 20.3 Å². The lowest BCUT2D eigenvalue weighted by molar-refractivity contribution is 0.0896. The molecule has 2 nitrogen and oxygen atoms in total. The van der Waals surface area contributed by atoms with Crippen LogP contribution in [0.5, 0.6) is 5.75 Å². The normalized spacial score (nSPS) is 31.7. The van der Waals surface area contributed by atoms with Gasteiger partial charge in [-0.15, -0.1) is 0 Å². The maximum absolute atomic E-state index is 5.55. The Morgan fingerprint density at radius 2 is 2.07 bits per heavy atom. The zero-order chi connectivity index (χ0) is 10.4. The van der Waals surface area contributed by atoms with E-state index in [0.717, 1.165) is 5.75 Å². The number of benzene rings is 1. The second kappa shape index (κ2) is 3.24. The molecule has 2 aliphatic carbocycles. The number of methoxy groups -OCH3 is 2. The fraction of sp³-hybridized carbons (Fsp3) is 0.538. The Labute approximate surface area is 90.2 Å². The quantitative estimate of drug-likeness (QED) is 0.737. The van der Waals surface area contributed by atoms with E-state index in [2.05, 4.69) is 18.2 Å². The Kier molecular flexibility index (Phi) is 1.99. The molecule has 3 rings (SSSR count). The van der Waals surface area contributed by atoms with Crippen LogP contribution in [0.2, 0.25) is 0 Å². The van der Waals surface area contributed by atoms with Crippen LogP contribution in [-0.2, 0) is 4.74 Å². The molecule has 3 unspecified atom stereocenters. The largest absolute Gasteiger partial charge is 0.496 e. The minimum absolute atomic E-state index is 0.402. The van der Waals surface area contributed by atoms with Gasteiger partial charge in [-0.1, -0.05) is 12.1 Å². The van der Waals surface area contributed by atoms with Gasteiger partial charge < -0.3 is 9.47 Å². The fourth-order valence-corrected chi connectivity index (χ4v) is 3.31. The van der Waals surface area contributed by atoms with Gasteiger partial charge in [0.25, 0.3) is 0 Å². The first-order valence-corrected chi connectivity index (χ1v) is 5.54. The van der Waals surface area contributed by atoms with E-state index in [4.69, 9.17) is 9.47 Å². The predicted octanol–water partition coefficient (Wildman–Crippen LogP) is 2.68. The minimum atomic E-state index is 0.402. The summed E-state index contributed by atoms with van der Waals surface area (Å²) in [6, 6.07) is 6.40. The summed E-state index contributed by atoms with van der Waals surface area (Å²) in [5.41, 5.74) is 2.90. The SMILES string of the molecule is COc1cccc2c1C1CC2CC1OC. The van der Waals surface area contributed by atoms with Gasteiger partial charge in [-0.05, 0) is 30.4 Å². The van der Waals surface area contributed by atoms with Gasteiger partial charge in [0.2, 0.25) is 0 Å². The summed E-state index contributed by atoms with van der Waals surface area (Å²) in [7, 11) is 3.57. The van der Waals surface area contributed by atoms with E-state index in [1.54, 1.807) is 7.11 Å². The molecule has 80 valence electrons. The van der Waals surface area contributed by atoms with E-state index in [0.29, 0.717) is 17.9 Å². The zero-order valence-corrected chi connectivity index (χ0v) is 9.19. The van der Waals surface area contributed by atoms with Crippen molar-refractivity contribution < 1.29 is 9.47 Å². The highest BCUT2D eigenvalue weighted by molar-refractivity contribution is 5.51. The van der Waals surface area contributed by atoms with Gasteiger partial charge in [-0.2, -0.15) is 0 Å². The van der Waals surface area contributed by atoms with Crippen LogP contribution in [0.1, 0.15) is 35.8 Å². The number of rotatable bonds is 2. The molecule has 0 aromatic heterocycles. The number of hydrogen-bond donors (Lipinski definition) is 0. The first-order chi connectivity index (χ1) is 7.35. The molecule has 0 heterocycles. The van der Waals surface area contributed by atoms with Crippen molar-refractivity contribution in [2.24, 2.45) is 0 Å². The van der Waals surface area contributed by atoms with Crippen LogP contribution < -0.4 is 4.74 Å². The Bertz CT molecular complexity index is 386. The molecular weight excluding hydrogens is 188 g/mol. The van der Waals surface area contributed by atoms with Gasteiger partial charge >= 0.3 is 0 Å². The third-order valence-electron chi connectivity index (χ3n) is 3.94. The number of hydrogen-bond acceptors (Lipinski definition) is 2. The number of ether oxygens (including phenoxy) is 2. The zero-order valence-electron chi connectivity index (χ0n) is 9.19. The summed E-state index contributed by atoms with van der Waals surface area (Å²) in [5.74, 6) is 2.30. The molecular formula is C13H16O2. The van der Waals surface area contributed by atoms with Gasteiger partial charge in [0.05, 0.1) is 13.2 Å². The summed E-state index contributed by atoms with van der Waals surface area (Å²) >= 11 is 0.